The summed E-state index contributed by atoms with van der Waals surface area (Å²) in [5, 5.41) is 6.81. The van der Waals surface area contributed by atoms with E-state index in [1.54, 1.807) is 18.3 Å². The lowest BCUT2D eigenvalue weighted by Gasteiger charge is -2.12. The maximum absolute atomic E-state index is 10.9. The molecule has 0 unspecified atom stereocenters. The third-order valence-electron chi connectivity index (χ3n) is 2.72. The average Bonchev–Trinajstić information content (AvgIpc) is 2.94. The Kier molecular flexibility index (Phi) is 6.56. The number of halogens is 1. The monoisotopic (exact) mass is 412 g/mol. The van der Waals surface area contributed by atoms with Gasteiger partial charge in [0.1, 0.15) is 0 Å². The quantitative estimate of drug-likeness (QED) is 0.512. The molecule has 0 aliphatic heterocycles. The first-order chi connectivity index (χ1) is 11.5. The number of rotatable bonds is 8. The molecule has 0 spiro atoms. The molecule has 1 heterocycles. The standard InChI is InChI=1S/C15H17BrN4O3S/c1-3-22-12-4-10(6-18-20-15-19-9(2)8-24-15)11(16)5-13(12)23-7-14(17)21/h4-6,8H,3,7H2,1-2H3,(H2,17,21)(H,19,20). The predicted octanol–water partition coefficient (Wildman–Crippen LogP) is 2.92. The summed E-state index contributed by atoms with van der Waals surface area (Å²) in [5.41, 5.74) is 9.70. The molecule has 9 heteroatoms. The van der Waals surface area contributed by atoms with Gasteiger partial charge in [-0.05, 0) is 41.9 Å². The van der Waals surface area contributed by atoms with Gasteiger partial charge in [-0.25, -0.2) is 4.98 Å². The molecule has 1 aromatic carbocycles. The molecule has 2 rings (SSSR count). The van der Waals surface area contributed by atoms with Gasteiger partial charge in [-0.2, -0.15) is 5.10 Å². The van der Waals surface area contributed by atoms with Gasteiger partial charge in [-0.3, -0.25) is 10.2 Å². The van der Waals surface area contributed by atoms with E-state index >= 15 is 0 Å². The van der Waals surface area contributed by atoms with E-state index in [2.05, 4.69) is 31.4 Å². The van der Waals surface area contributed by atoms with Crippen molar-refractivity contribution in [2.24, 2.45) is 10.8 Å². The van der Waals surface area contributed by atoms with E-state index in [0.29, 0.717) is 23.2 Å². The highest BCUT2D eigenvalue weighted by molar-refractivity contribution is 9.10. The number of nitrogens with zero attached hydrogens (tertiary/aromatic N) is 2. The lowest BCUT2D eigenvalue weighted by molar-refractivity contribution is -0.119. The topological polar surface area (TPSA) is 98.8 Å². The van der Waals surface area contributed by atoms with Crippen LogP contribution in [0.15, 0.2) is 27.1 Å². The van der Waals surface area contributed by atoms with Crippen molar-refractivity contribution in [2.45, 2.75) is 13.8 Å². The zero-order valence-electron chi connectivity index (χ0n) is 13.2. The van der Waals surface area contributed by atoms with Crippen LogP contribution >= 0.6 is 27.3 Å². The minimum atomic E-state index is -0.554. The molecule has 24 heavy (non-hydrogen) atoms. The van der Waals surface area contributed by atoms with Gasteiger partial charge >= 0.3 is 0 Å². The van der Waals surface area contributed by atoms with E-state index in [0.717, 1.165) is 15.7 Å². The normalized spacial score (nSPS) is 10.8. The number of anilines is 1. The molecule has 0 radical (unpaired) electrons. The summed E-state index contributed by atoms with van der Waals surface area (Å²) >= 11 is 4.92. The second kappa shape index (κ2) is 8.65. The first-order valence-electron chi connectivity index (χ1n) is 7.08. The van der Waals surface area contributed by atoms with E-state index < -0.39 is 5.91 Å². The van der Waals surface area contributed by atoms with Gasteiger partial charge in [0.2, 0.25) is 5.13 Å². The van der Waals surface area contributed by atoms with Crippen LogP contribution < -0.4 is 20.6 Å². The first-order valence-corrected chi connectivity index (χ1v) is 8.75. The maximum Gasteiger partial charge on any atom is 0.255 e. The summed E-state index contributed by atoms with van der Waals surface area (Å²) in [4.78, 5) is 15.1. The highest BCUT2D eigenvalue weighted by atomic mass is 79.9. The fraction of sp³-hybridized carbons (Fsp3) is 0.267. The Bertz CT molecular complexity index is 748. The number of benzene rings is 1. The Morgan fingerprint density at radius 1 is 1.46 bits per heavy atom. The molecule has 2 aromatic rings. The number of primary amides is 1. The lowest BCUT2D eigenvalue weighted by atomic mass is 10.2. The Hall–Kier alpha value is -2.13. The van der Waals surface area contributed by atoms with Crippen molar-refractivity contribution in [1.29, 1.82) is 0 Å². The fourth-order valence-corrected chi connectivity index (χ4v) is 2.80. The lowest BCUT2D eigenvalue weighted by Crippen LogP contribution is -2.20. The number of nitrogens with two attached hydrogens (primary N) is 1. The van der Waals surface area contributed by atoms with E-state index in [9.17, 15) is 4.79 Å². The minimum Gasteiger partial charge on any atom is -0.490 e. The Morgan fingerprint density at radius 3 is 2.83 bits per heavy atom. The van der Waals surface area contributed by atoms with Crippen LogP contribution in [0.1, 0.15) is 18.2 Å². The summed E-state index contributed by atoms with van der Waals surface area (Å²) in [6, 6.07) is 3.48. The molecule has 1 aromatic heterocycles. The van der Waals surface area contributed by atoms with E-state index in [1.165, 1.54) is 11.3 Å². The number of aryl methyl sites for hydroxylation is 1. The number of ether oxygens (including phenoxy) is 2. The van der Waals surface area contributed by atoms with Crippen LogP contribution in [-0.4, -0.2) is 30.3 Å². The maximum atomic E-state index is 10.9. The number of carbonyl (C=O) groups excluding carboxylic acids is 1. The molecule has 3 N–H and O–H groups in total. The smallest absolute Gasteiger partial charge is 0.255 e. The fourth-order valence-electron chi connectivity index (χ4n) is 1.74. The number of hydrogen-bond donors (Lipinski definition) is 2. The Morgan fingerprint density at radius 2 is 2.21 bits per heavy atom. The number of amides is 1. The summed E-state index contributed by atoms with van der Waals surface area (Å²) in [5.74, 6) is 0.388. The summed E-state index contributed by atoms with van der Waals surface area (Å²) < 4.78 is 11.7. The van der Waals surface area contributed by atoms with Crippen LogP contribution in [0.25, 0.3) is 0 Å². The molecule has 0 aliphatic rings. The molecular formula is C15H17BrN4O3S. The van der Waals surface area contributed by atoms with Gasteiger partial charge in [-0.15, -0.1) is 11.3 Å². The van der Waals surface area contributed by atoms with Crippen LogP contribution in [0.4, 0.5) is 5.13 Å². The van der Waals surface area contributed by atoms with Crippen molar-refractivity contribution in [1.82, 2.24) is 4.98 Å². The number of hydrogen-bond acceptors (Lipinski definition) is 7. The molecule has 1 amide bonds. The third kappa shape index (κ3) is 5.20. The van der Waals surface area contributed by atoms with Gasteiger partial charge in [0.25, 0.3) is 5.91 Å². The van der Waals surface area contributed by atoms with Crippen molar-refractivity contribution < 1.29 is 14.3 Å². The van der Waals surface area contributed by atoms with Crippen LogP contribution in [0.5, 0.6) is 11.5 Å². The van der Waals surface area contributed by atoms with Gasteiger partial charge in [0, 0.05) is 15.4 Å². The zero-order valence-corrected chi connectivity index (χ0v) is 15.6. The van der Waals surface area contributed by atoms with Gasteiger partial charge in [0.15, 0.2) is 18.1 Å². The molecule has 7 nitrogen and oxygen atoms in total. The molecule has 128 valence electrons. The molecule has 0 saturated carbocycles. The van der Waals surface area contributed by atoms with Crippen LogP contribution in [0, 0.1) is 6.92 Å². The van der Waals surface area contributed by atoms with Crippen LogP contribution in [0.2, 0.25) is 0 Å². The number of aromatic nitrogens is 1. The van der Waals surface area contributed by atoms with E-state index in [-0.39, 0.29) is 6.61 Å². The second-order valence-electron chi connectivity index (χ2n) is 4.67. The SMILES string of the molecule is CCOc1cc(C=NNc2nc(C)cs2)c(Br)cc1OCC(N)=O. The summed E-state index contributed by atoms with van der Waals surface area (Å²) in [6.45, 7) is 4.02. The zero-order chi connectivity index (χ0) is 17.5. The predicted molar refractivity (Wildman–Crippen MR) is 98.1 cm³/mol. The van der Waals surface area contributed by atoms with Crippen molar-refractivity contribution >= 4 is 44.5 Å². The van der Waals surface area contributed by atoms with Crippen molar-refractivity contribution in [3.05, 3.63) is 33.2 Å². The Balaban J connectivity index is 2.16. The molecule has 0 atom stereocenters. The number of carbonyl (C=O) groups is 1. The number of thiazole rings is 1. The van der Waals surface area contributed by atoms with Gasteiger partial charge in [0.05, 0.1) is 18.5 Å². The van der Waals surface area contributed by atoms with Crippen molar-refractivity contribution in [3.63, 3.8) is 0 Å². The number of hydrazone groups is 1. The number of nitrogens with one attached hydrogen (secondary N) is 1. The molecule has 0 aliphatic carbocycles. The molecule has 0 saturated heterocycles. The van der Waals surface area contributed by atoms with Gasteiger partial charge in [-0.1, -0.05) is 0 Å². The summed E-state index contributed by atoms with van der Waals surface area (Å²) in [7, 11) is 0. The molecule has 0 fully saturated rings. The first kappa shape index (κ1) is 18.2. The van der Waals surface area contributed by atoms with E-state index in [1.807, 2.05) is 19.2 Å². The van der Waals surface area contributed by atoms with Gasteiger partial charge < -0.3 is 15.2 Å². The van der Waals surface area contributed by atoms with Crippen LogP contribution in [0.3, 0.4) is 0 Å². The minimum absolute atomic E-state index is 0.217. The Labute approximate surface area is 152 Å². The van der Waals surface area contributed by atoms with Crippen molar-refractivity contribution in [3.8, 4) is 11.5 Å². The highest BCUT2D eigenvalue weighted by Crippen LogP contribution is 2.33. The summed E-state index contributed by atoms with van der Waals surface area (Å²) in [6.07, 6.45) is 1.64. The second-order valence-corrected chi connectivity index (χ2v) is 6.38. The van der Waals surface area contributed by atoms with Crippen LogP contribution in [-0.2, 0) is 4.79 Å². The highest BCUT2D eigenvalue weighted by Gasteiger charge is 2.11. The molecular weight excluding hydrogens is 396 g/mol. The van der Waals surface area contributed by atoms with E-state index in [4.69, 9.17) is 15.2 Å². The average molecular weight is 413 g/mol. The molecule has 0 bridgehead atoms. The third-order valence-corrected chi connectivity index (χ3v) is 4.27. The largest absolute Gasteiger partial charge is 0.490 e. The van der Waals surface area contributed by atoms with Crippen molar-refractivity contribution in [2.75, 3.05) is 18.6 Å².